The number of furan rings is 1. The fraction of sp³-hybridized carbons (Fsp3) is 0.364. The van der Waals surface area contributed by atoms with Crippen molar-refractivity contribution >= 4 is 13.0 Å². The van der Waals surface area contributed by atoms with Crippen LogP contribution in [0.4, 0.5) is 0 Å². The number of aromatic nitrogens is 2. The van der Waals surface area contributed by atoms with E-state index in [0.29, 0.717) is 30.1 Å². The summed E-state index contributed by atoms with van der Waals surface area (Å²) in [4.78, 5) is 0. The van der Waals surface area contributed by atoms with Gasteiger partial charge in [0.1, 0.15) is 11.1 Å². The molecule has 0 aliphatic heterocycles. The summed E-state index contributed by atoms with van der Waals surface area (Å²) in [6, 6.07) is 5.14. The molecule has 0 spiro atoms. The molecule has 1 N–H and O–H groups in total. The predicted octanol–water partition coefficient (Wildman–Crippen LogP) is 2.56. The Kier molecular flexibility index (Phi) is 4.01. The third-order valence-corrected chi connectivity index (χ3v) is 4.25. The van der Waals surface area contributed by atoms with Gasteiger partial charge in [-0.1, -0.05) is 0 Å². The number of hydrogen-bond acceptors (Lipinski definition) is 5. The lowest BCUT2D eigenvalue weighted by Crippen LogP contribution is -2.11. The van der Waals surface area contributed by atoms with Crippen LogP contribution >= 0.6 is 7.60 Å². The van der Waals surface area contributed by atoms with Crippen molar-refractivity contribution in [1.29, 1.82) is 0 Å². The van der Waals surface area contributed by atoms with Crippen molar-refractivity contribution in [2.45, 2.75) is 13.8 Å². The highest BCUT2D eigenvalue weighted by molar-refractivity contribution is 7.61. The predicted molar refractivity (Wildman–Crippen MR) is 66.8 cm³/mol. The third kappa shape index (κ3) is 2.56. The van der Waals surface area contributed by atoms with E-state index in [1.54, 1.807) is 38.3 Å². The number of nitrogens with zero attached hydrogens (tertiary/aromatic N) is 1. The molecule has 0 aromatic carbocycles. The molecule has 0 fully saturated rings. The second-order valence-corrected chi connectivity index (χ2v) is 5.44. The van der Waals surface area contributed by atoms with E-state index in [2.05, 4.69) is 10.2 Å². The van der Waals surface area contributed by atoms with Crippen molar-refractivity contribution in [1.82, 2.24) is 10.2 Å². The molecule has 0 amide bonds. The van der Waals surface area contributed by atoms with Crippen LogP contribution in [-0.4, -0.2) is 23.4 Å². The summed E-state index contributed by atoms with van der Waals surface area (Å²) in [6.07, 6.45) is 1.55. The van der Waals surface area contributed by atoms with E-state index in [9.17, 15) is 4.57 Å². The number of H-pyrrole nitrogens is 1. The molecule has 6 nitrogen and oxygen atoms in total. The molecule has 7 heteroatoms. The Morgan fingerprint density at radius 3 is 2.67 bits per heavy atom. The zero-order chi connectivity index (χ0) is 13.0. The van der Waals surface area contributed by atoms with E-state index in [1.165, 1.54) is 0 Å². The van der Waals surface area contributed by atoms with Gasteiger partial charge in [0.25, 0.3) is 0 Å². The quantitative estimate of drug-likeness (QED) is 0.816. The van der Waals surface area contributed by atoms with Crippen molar-refractivity contribution in [2.75, 3.05) is 13.2 Å². The SMILES string of the molecule is CCOP(=O)(OCC)c1cc(-c2ccco2)n[nH]1. The first-order valence-corrected chi connectivity index (χ1v) is 7.23. The standard InChI is InChI=1S/C11H15N2O4P/c1-3-16-18(14,17-4-2)11-8-9(12-13-11)10-6-5-7-15-10/h5-8H,3-4H2,1-2H3,(H,12,13). The second-order valence-electron chi connectivity index (χ2n) is 3.45. The van der Waals surface area contributed by atoms with Crippen LogP contribution in [0.3, 0.4) is 0 Å². The molecular formula is C11H15N2O4P. The molecule has 0 radical (unpaired) electrons. The van der Waals surface area contributed by atoms with Gasteiger partial charge in [-0.3, -0.25) is 9.66 Å². The Morgan fingerprint density at radius 1 is 1.39 bits per heavy atom. The van der Waals surface area contributed by atoms with Crippen LogP contribution in [-0.2, 0) is 13.6 Å². The average molecular weight is 270 g/mol. The Hall–Kier alpha value is -1.36. The Bertz CT molecular complexity index is 525. The van der Waals surface area contributed by atoms with Crippen LogP contribution in [0.15, 0.2) is 28.9 Å². The minimum absolute atomic E-state index is 0.298. The van der Waals surface area contributed by atoms with Crippen molar-refractivity contribution in [2.24, 2.45) is 0 Å². The van der Waals surface area contributed by atoms with Crippen LogP contribution in [0.5, 0.6) is 0 Å². The van der Waals surface area contributed by atoms with Gasteiger partial charge in [0.15, 0.2) is 5.76 Å². The van der Waals surface area contributed by atoms with E-state index >= 15 is 0 Å². The molecule has 0 bridgehead atoms. The molecule has 2 aromatic heterocycles. The third-order valence-electron chi connectivity index (χ3n) is 2.23. The molecule has 2 aromatic rings. The van der Waals surface area contributed by atoms with Gasteiger partial charge in [0.2, 0.25) is 0 Å². The number of hydrogen-bond donors (Lipinski definition) is 1. The van der Waals surface area contributed by atoms with Gasteiger partial charge in [0.05, 0.1) is 19.5 Å². The van der Waals surface area contributed by atoms with Crippen molar-refractivity contribution in [3.8, 4) is 11.5 Å². The lowest BCUT2D eigenvalue weighted by molar-refractivity contribution is 0.229. The minimum Gasteiger partial charge on any atom is -0.463 e. The lowest BCUT2D eigenvalue weighted by atomic mass is 10.3. The number of nitrogens with one attached hydrogen (secondary N) is 1. The van der Waals surface area contributed by atoms with E-state index in [1.807, 2.05) is 0 Å². The highest BCUT2D eigenvalue weighted by atomic mass is 31.2. The molecule has 0 atom stereocenters. The first kappa shape index (κ1) is 13.1. The highest BCUT2D eigenvalue weighted by Crippen LogP contribution is 2.46. The lowest BCUT2D eigenvalue weighted by Gasteiger charge is -2.14. The molecule has 18 heavy (non-hydrogen) atoms. The molecule has 0 aliphatic rings. The maximum absolute atomic E-state index is 12.5. The summed E-state index contributed by atoms with van der Waals surface area (Å²) >= 11 is 0. The number of rotatable bonds is 6. The maximum Gasteiger partial charge on any atom is 0.378 e. The summed E-state index contributed by atoms with van der Waals surface area (Å²) in [5, 5.41) is 6.72. The maximum atomic E-state index is 12.5. The van der Waals surface area contributed by atoms with E-state index in [4.69, 9.17) is 13.5 Å². The van der Waals surface area contributed by atoms with Crippen LogP contribution in [0.2, 0.25) is 0 Å². The fourth-order valence-electron chi connectivity index (χ4n) is 1.52. The zero-order valence-electron chi connectivity index (χ0n) is 10.3. The van der Waals surface area contributed by atoms with Crippen molar-refractivity contribution < 1.29 is 18.0 Å². The minimum atomic E-state index is -3.31. The summed E-state index contributed by atoms with van der Waals surface area (Å²) in [7, 11) is -3.31. The summed E-state index contributed by atoms with van der Waals surface area (Å²) in [6.45, 7) is 4.11. The molecule has 2 heterocycles. The highest BCUT2D eigenvalue weighted by Gasteiger charge is 2.29. The van der Waals surface area contributed by atoms with Crippen molar-refractivity contribution in [3.05, 3.63) is 24.5 Å². The molecule has 98 valence electrons. The average Bonchev–Trinajstić information content (AvgIpc) is 3.01. The van der Waals surface area contributed by atoms with Gasteiger partial charge in [-0.15, -0.1) is 0 Å². The van der Waals surface area contributed by atoms with Crippen LogP contribution in [0.25, 0.3) is 11.5 Å². The fourth-order valence-corrected chi connectivity index (χ4v) is 3.00. The first-order chi connectivity index (χ1) is 8.69. The largest absolute Gasteiger partial charge is 0.463 e. The second kappa shape index (κ2) is 5.52. The van der Waals surface area contributed by atoms with Gasteiger partial charge in [-0.25, -0.2) is 0 Å². The molecule has 2 rings (SSSR count). The van der Waals surface area contributed by atoms with Gasteiger partial charge in [-0.05, 0) is 26.0 Å². The van der Waals surface area contributed by atoms with Gasteiger partial charge >= 0.3 is 7.60 Å². The summed E-state index contributed by atoms with van der Waals surface area (Å²) in [5.74, 6) is 0.594. The Labute approximate surface area is 105 Å². The Balaban J connectivity index is 2.30. The zero-order valence-corrected chi connectivity index (χ0v) is 11.1. The normalized spacial score (nSPS) is 11.9. The van der Waals surface area contributed by atoms with E-state index in [-0.39, 0.29) is 0 Å². The Morgan fingerprint density at radius 2 is 2.11 bits per heavy atom. The van der Waals surface area contributed by atoms with E-state index < -0.39 is 7.60 Å². The topological polar surface area (TPSA) is 77.3 Å². The molecule has 0 saturated carbocycles. The van der Waals surface area contributed by atoms with Gasteiger partial charge in [-0.2, -0.15) is 5.10 Å². The van der Waals surface area contributed by atoms with Gasteiger partial charge in [0, 0.05) is 6.07 Å². The molecule has 0 unspecified atom stereocenters. The molecular weight excluding hydrogens is 255 g/mol. The monoisotopic (exact) mass is 270 g/mol. The summed E-state index contributed by atoms with van der Waals surface area (Å²) < 4.78 is 28.1. The smallest absolute Gasteiger partial charge is 0.378 e. The van der Waals surface area contributed by atoms with Crippen molar-refractivity contribution in [3.63, 3.8) is 0 Å². The number of aromatic amines is 1. The molecule has 0 saturated heterocycles. The van der Waals surface area contributed by atoms with Crippen LogP contribution in [0, 0.1) is 0 Å². The van der Waals surface area contributed by atoms with Gasteiger partial charge < -0.3 is 13.5 Å². The van der Waals surface area contributed by atoms with Crippen LogP contribution in [0.1, 0.15) is 13.8 Å². The first-order valence-electron chi connectivity index (χ1n) is 5.68. The van der Waals surface area contributed by atoms with Crippen LogP contribution < -0.4 is 5.44 Å². The molecule has 0 aliphatic carbocycles. The summed E-state index contributed by atoms with van der Waals surface area (Å²) in [5.41, 5.74) is 0.896. The van der Waals surface area contributed by atoms with E-state index in [0.717, 1.165) is 0 Å².